The van der Waals surface area contributed by atoms with E-state index in [0.29, 0.717) is 23.7 Å². The molecule has 134 valence electrons. The average Bonchev–Trinajstić information content (AvgIpc) is 3.00. The molecule has 0 saturated heterocycles. The number of carbonyl (C=O) groups excluding carboxylic acids is 2. The van der Waals surface area contributed by atoms with Crippen molar-refractivity contribution in [2.75, 3.05) is 18.7 Å². The van der Waals surface area contributed by atoms with Crippen molar-refractivity contribution in [3.8, 4) is 0 Å². The minimum Gasteiger partial charge on any atom is -0.469 e. The lowest BCUT2D eigenvalue weighted by molar-refractivity contribution is -0.139. The van der Waals surface area contributed by atoms with E-state index in [4.69, 9.17) is 0 Å². The first kappa shape index (κ1) is 19.3. The monoisotopic (exact) mass is 380 g/mol. The van der Waals surface area contributed by atoms with Crippen molar-refractivity contribution in [3.63, 3.8) is 0 Å². The summed E-state index contributed by atoms with van der Waals surface area (Å²) < 4.78 is 4.60. The number of nitrogens with zero attached hydrogens (tertiary/aromatic N) is 3. The van der Waals surface area contributed by atoms with Gasteiger partial charge in [0.05, 0.1) is 19.2 Å². The second kappa shape index (κ2) is 8.91. The van der Waals surface area contributed by atoms with Crippen molar-refractivity contribution in [2.24, 2.45) is 0 Å². The van der Waals surface area contributed by atoms with E-state index in [0.717, 1.165) is 22.1 Å². The quantitative estimate of drug-likeness (QED) is 0.448. The molecule has 2 heterocycles. The molecule has 0 aliphatic carbocycles. The zero-order chi connectivity index (χ0) is 18.4. The van der Waals surface area contributed by atoms with Crippen LogP contribution >= 0.6 is 23.1 Å². The maximum atomic E-state index is 12.1. The number of nitrogens with one attached hydrogen (secondary N) is 1. The third-order valence-corrected chi connectivity index (χ3v) is 4.89. The fraction of sp³-hybridized carbons (Fsp3) is 0.438. The fourth-order valence-electron chi connectivity index (χ4n) is 2.25. The van der Waals surface area contributed by atoms with Gasteiger partial charge in [-0.3, -0.25) is 9.59 Å². The second-order valence-electron chi connectivity index (χ2n) is 5.30. The predicted molar refractivity (Wildman–Crippen MR) is 98.1 cm³/mol. The number of rotatable bonds is 7. The summed E-state index contributed by atoms with van der Waals surface area (Å²) in [6.45, 7) is 3.86. The van der Waals surface area contributed by atoms with E-state index in [9.17, 15) is 9.59 Å². The Balaban J connectivity index is 1.92. The molecule has 25 heavy (non-hydrogen) atoms. The molecule has 0 unspecified atom stereocenters. The molecule has 0 aliphatic heterocycles. The Morgan fingerprint density at radius 1 is 1.24 bits per heavy atom. The normalized spacial score (nSPS) is 10.6. The maximum Gasteiger partial charge on any atom is 0.311 e. The molecule has 0 saturated carbocycles. The summed E-state index contributed by atoms with van der Waals surface area (Å²) in [5, 5.41) is 5.71. The lowest BCUT2D eigenvalue weighted by Crippen LogP contribution is -2.14. The third-order valence-electron chi connectivity index (χ3n) is 3.54. The maximum absolute atomic E-state index is 12.1. The summed E-state index contributed by atoms with van der Waals surface area (Å²) >= 11 is 2.78. The van der Waals surface area contributed by atoms with Crippen molar-refractivity contribution < 1.29 is 14.3 Å². The summed E-state index contributed by atoms with van der Waals surface area (Å²) in [5.74, 6) is -0.491. The second-order valence-corrected chi connectivity index (χ2v) is 6.94. The number of amides is 1. The van der Waals surface area contributed by atoms with E-state index in [1.165, 1.54) is 30.2 Å². The van der Waals surface area contributed by atoms with E-state index < -0.39 is 0 Å². The van der Waals surface area contributed by atoms with E-state index in [1.54, 1.807) is 5.38 Å². The Hall–Kier alpha value is -2.00. The molecule has 2 aromatic heterocycles. The van der Waals surface area contributed by atoms with E-state index in [-0.39, 0.29) is 18.3 Å². The van der Waals surface area contributed by atoms with Gasteiger partial charge in [0.15, 0.2) is 10.3 Å². The smallest absolute Gasteiger partial charge is 0.311 e. The van der Waals surface area contributed by atoms with Gasteiger partial charge in [0.25, 0.3) is 0 Å². The minimum atomic E-state index is -0.359. The fourth-order valence-corrected chi connectivity index (χ4v) is 3.43. The summed E-state index contributed by atoms with van der Waals surface area (Å²) in [6, 6.07) is 0. The molecule has 1 amide bonds. The highest BCUT2D eigenvalue weighted by Crippen LogP contribution is 2.19. The van der Waals surface area contributed by atoms with Gasteiger partial charge in [-0.2, -0.15) is 0 Å². The van der Waals surface area contributed by atoms with Crippen LogP contribution in [0.2, 0.25) is 0 Å². The molecule has 0 radical (unpaired) electrons. The van der Waals surface area contributed by atoms with Gasteiger partial charge < -0.3 is 10.1 Å². The predicted octanol–water partition coefficient (Wildman–Crippen LogP) is 2.56. The first-order chi connectivity index (χ1) is 11.9. The van der Waals surface area contributed by atoms with Crippen LogP contribution in [0, 0.1) is 13.8 Å². The molecule has 9 heteroatoms. The van der Waals surface area contributed by atoms with Crippen LogP contribution in [-0.4, -0.2) is 40.2 Å². The number of ether oxygens (including phenoxy) is 1. The summed E-state index contributed by atoms with van der Waals surface area (Å²) in [5.41, 5.74) is 3.39. The van der Waals surface area contributed by atoms with Gasteiger partial charge in [-0.05, 0) is 32.1 Å². The first-order valence-electron chi connectivity index (χ1n) is 7.62. The van der Waals surface area contributed by atoms with Gasteiger partial charge in [0, 0.05) is 23.2 Å². The third kappa shape index (κ3) is 5.50. The summed E-state index contributed by atoms with van der Waals surface area (Å²) in [7, 11) is 1.33. The molecule has 0 spiro atoms. The molecular weight excluding hydrogens is 360 g/mol. The number of thiazole rings is 1. The van der Waals surface area contributed by atoms with Crippen LogP contribution in [0.5, 0.6) is 0 Å². The minimum absolute atomic E-state index is 0.0976. The Morgan fingerprint density at radius 3 is 2.52 bits per heavy atom. The molecule has 0 fully saturated rings. The molecule has 7 nitrogen and oxygen atoms in total. The van der Waals surface area contributed by atoms with Crippen molar-refractivity contribution in [1.82, 2.24) is 15.0 Å². The Morgan fingerprint density at radius 2 is 1.92 bits per heavy atom. The molecule has 0 aromatic carbocycles. The van der Waals surface area contributed by atoms with Gasteiger partial charge in [0.1, 0.15) is 0 Å². The van der Waals surface area contributed by atoms with E-state index in [2.05, 4.69) is 25.0 Å². The van der Waals surface area contributed by atoms with E-state index >= 15 is 0 Å². The molecule has 1 N–H and O–H groups in total. The summed E-state index contributed by atoms with van der Waals surface area (Å²) in [4.78, 5) is 36.4. The van der Waals surface area contributed by atoms with Crippen LogP contribution in [0.4, 0.5) is 5.13 Å². The lowest BCUT2D eigenvalue weighted by atomic mass is 10.1. The van der Waals surface area contributed by atoms with Crippen LogP contribution in [0.3, 0.4) is 0 Å². The van der Waals surface area contributed by atoms with Crippen LogP contribution in [0.1, 0.15) is 29.1 Å². The molecule has 0 bridgehead atoms. The lowest BCUT2D eigenvalue weighted by Gasteiger charge is -2.09. The number of esters is 1. The standard InChI is InChI=1S/C16H20N4O3S2/c1-9-12(10(2)18-15(17-9)24-4)5-6-13(21)20-16-19-11(8-25-16)7-14(22)23-3/h8H,5-7H2,1-4H3,(H,19,20,21). The van der Waals surface area contributed by atoms with Crippen LogP contribution in [0.15, 0.2) is 10.5 Å². The number of aryl methyl sites for hydroxylation is 2. The van der Waals surface area contributed by atoms with Crippen molar-refractivity contribution in [2.45, 2.75) is 38.3 Å². The van der Waals surface area contributed by atoms with Gasteiger partial charge in [-0.15, -0.1) is 11.3 Å². The zero-order valence-electron chi connectivity index (χ0n) is 14.6. The van der Waals surface area contributed by atoms with Gasteiger partial charge in [-0.1, -0.05) is 11.8 Å². The molecule has 2 aromatic rings. The Kier molecular flexibility index (Phi) is 6.89. The topological polar surface area (TPSA) is 94.1 Å². The Bertz CT molecular complexity index is 753. The number of aromatic nitrogens is 3. The molecular formula is C16H20N4O3S2. The van der Waals surface area contributed by atoms with Crippen LogP contribution < -0.4 is 5.32 Å². The highest BCUT2D eigenvalue weighted by Gasteiger charge is 2.13. The van der Waals surface area contributed by atoms with Gasteiger partial charge in [0.2, 0.25) is 5.91 Å². The summed E-state index contributed by atoms with van der Waals surface area (Å²) in [6.07, 6.45) is 2.92. The van der Waals surface area contributed by atoms with E-state index in [1.807, 2.05) is 20.1 Å². The molecule has 0 atom stereocenters. The average molecular weight is 380 g/mol. The van der Waals surface area contributed by atoms with Gasteiger partial charge in [-0.25, -0.2) is 15.0 Å². The number of thioether (sulfide) groups is 1. The number of carbonyl (C=O) groups is 2. The molecule has 0 aliphatic rings. The van der Waals surface area contributed by atoms with Crippen molar-refractivity contribution >= 4 is 40.1 Å². The van der Waals surface area contributed by atoms with Crippen molar-refractivity contribution in [1.29, 1.82) is 0 Å². The number of methoxy groups -OCH3 is 1. The molecule has 2 rings (SSSR count). The largest absolute Gasteiger partial charge is 0.469 e. The highest BCUT2D eigenvalue weighted by molar-refractivity contribution is 7.98. The highest BCUT2D eigenvalue weighted by atomic mass is 32.2. The first-order valence-corrected chi connectivity index (χ1v) is 9.72. The van der Waals surface area contributed by atoms with Crippen LogP contribution in [0.25, 0.3) is 0 Å². The van der Waals surface area contributed by atoms with Crippen molar-refractivity contribution in [3.05, 3.63) is 28.0 Å². The SMILES string of the molecule is COC(=O)Cc1csc(NC(=O)CCc2c(C)nc(SC)nc2C)n1. The van der Waals surface area contributed by atoms with Gasteiger partial charge >= 0.3 is 5.97 Å². The zero-order valence-corrected chi connectivity index (χ0v) is 16.2. The number of anilines is 1. The number of hydrogen-bond donors (Lipinski definition) is 1. The number of hydrogen-bond acceptors (Lipinski definition) is 8. The Labute approximate surface area is 154 Å². The van der Waals surface area contributed by atoms with Crippen LogP contribution in [-0.2, 0) is 27.2 Å².